The Hall–Kier alpha value is -1.17. The van der Waals surface area contributed by atoms with Crippen LogP contribution in [-0.4, -0.2) is 18.1 Å². The number of aryl methyl sites for hydroxylation is 1. The Balaban J connectivity index is 1.71. The minimum atomic E-state index is 0.531. The first-order valence-corrected chi connectivity index (χ1v) is 8.27. The highest BCUT2D eigenvalue weighted by molar-refractivity contribution is 7.09. The molecule has 2 aromatic heterocycles. The summed E-state index contributed by atoms with van der Waals surface area (Å²) in [5.41, 5.74) is 4.18. The first kappa shape index (κ1) is 16.2. The minimum Gasteiger partial charge on any atom is -0.467 e. The van der Waals surface area contributed by atoms with Crippen LogP contribution in [0.3, 0.4) is 0 Å². The number of hydrogen-bond acceptors (Lipinski definition) is 5. The van der Waals surface area contributed by atoms with Gasteiger partial charge in [0, 0.05) is 23.4 Å². The lowest BCUT2D eigenvalue weighted by atomic mass is 10.2. The number of nitrogens with zero attached hydrogens (tertiary/aromatic N) is 1. The van der Waals surface area contributed by atoms with Crippen molar-refractivity contribution < 1.29 is 9.15 Å². The molecular weight excluding hydrogens is 284 g/mol. The maximum atomic E-state index is 5.73. The molecule has 0 spiro atoms. The van der Waals surface area contributed by atoms with Crippen molar-refractivity contribution in [3.63, 3.8) is 0 Å². The van der Waals surface area contributed by atoms with Crippen molar-refractivity contribution in [1.29, 1.82) is 0 Å². The van der Waals surface area contributed by atoms with Gasteiger partial charge in [0.15, 0.2) is 0 Å². The fraction of sp³-hybridized carbons (Fsp3) is 0.562. The Morgan fingerprint density at radius 2 is 2.29 bits per heavy atom. The number of rotatable bonds is 9. The number of aromatic nitrogens is 1. The lowest BCUT2D eigenvalue weighted by molar-refractivity contribution is 0.108. The SMILES string of the molecule is Cc1ncsc1CCOCc1occc1CNCC(C)C. The smallest absolute Gasteiger partial charge is 0.133 e. The summed E-state index contributed by atoms with van der Waals surface area (Å²) in [6.45, 7) is 9.52. The van der Waals surface area contributed by atoms with E-state index in [9.17, 15) is 0 Å². The van der Waals surface area contributed by atoms with E-state index in [4.69, 9.17) is 9.15 Å². The van der Waals surface area contributed by atoms with Gasteiger partial charge in [-0.3, -0.25) is 0 Å². The highest BCUT2D eigenvalue weighted by atomic mass is 32.1. The minimum absolute atomic E-state index is 0.531. The molecule has 0 aliphatic rings. The summed E-state index contributed by atoms with van der Waals surface area (Å²) in [5, 5.41) is 3.43. The fourth-order valence-electron chi connectivity index (χ4n) is 2.04. The molecule has 0 radical (unpaired) electrons. The second kappa shape index (κ2) is 8.32. The van der Waals surface area contributed by atoms with Gasteiger partial charge in [0.25, 0.3) is 0 Å². The molecule has 0 fully saturated rings. The Bertz CT molecular complexity index is 534. The number of nitrogens with one attached hydrogen (secondary N) is 1. The van der Waals surface area contributed by atoms with Crippen LogP contribution in [0.2, 0.25) is 0 Å². The maximum absolute atomic E-state index is 5.73. The van der Waals surface area contributed by atoms with Crippen molar-refractivity contribution in [2.24, 2.45) is 5.92 Å². The van der Waals surface area contributed by atoms with Crippen LogP contribution in [0.5, 0.6) is 0 Å². The number of thiazole rings is 1. The van der Waals surface area contributed by atoms with Crippen LogP contribution in [0.1, 0.15) is 35.7 Å². The highest BCUT2D eigenvalue weighted by Crippen LogP contribution is 2.15. The molecule has 0 amide bonds. The molecule has 0 atom stereocenters. The zero-order chi connectivity index (χ0) is 15.1. The molecule has 2 rings (SSSR count). The monoisotopic (exact) mass is 308 g/mol. The molecule has 0 aliphatic heterocycles. The molecule has 0 bridgehead atoms. The van der Waals surface area contributed by atoms with Crippen LogP contribution in [-0.2, 0) is 24.3 Å². The first-order chi connectivity index (χ1) is 10.2. The van der Waals surface area contributed by atoms with Crippen LogP contribution in [0.4, 0.5) is 0 Å². The molecule has 5 heteroatoms. The number of hydrogen-bond donors (Lipinski definition) is 1. The summed E-state index contributed by atoms with van der Waals surface area (Å²) in [5.74, 6) is 1.58. The van der Waals surface area contributed by atoms with Crippen LogP contribution in [0, 0.1) is 12.8 Å². The Labute approximate surface area is 130 Å². The molecule has 0 saturated heterocycles. The average molecular weight is 308 g/mol. The Kier molecular flexibility index (Phi) is 6.42. The van der Waals surface area contributed by atoms with Gasteiger partial charge in [-0.15, -0.1) is 11.3 Å². The Morgan fingerprint density at radius 1 is 1.43 bits per heavy atom. The molecule has 2 aromatic rings. The predicted octanol–water partition coefficient (Wildman–Crippen LogP) is 3.55. The van der Waals surface area contributed by atoms with Gasteiger partial charge >= 0.3 is 0 Å². The third kappa shape index (κ3) is 5.26. The lowest BCUT2D eigenvalue weighted by Crippen LogP contribution is -2.19. The van der Waals surface area contributed by atoms with Crippen molar-refractivity contribution in [2.75, 3.05) is 13.2 Å². The van der Waals surface area contributed by atoms with Crippen molar-refractivity contribution in [1.82, 2.24) is 10.3 Å². The number of ether oxygens (including phenoxy) is 1. The summed E-state index contributed by atoms with van der Waals surface area (Å²) in [6.07, 6.45) is 2.65. The molecule has 4 nitrogen and oxygen atoms in total. The van der Waals surface area contributed by atoms with Gasteiger partial charge in [-0.25, -0.2) is 4.98 Å². The quantitative estimate of drug-likeness (QED) is 0.720. The van der Waals surface area contributed by atoms with Crippen molar-refractivity contribution >= 4 is 11.3 Å². The molecule has 0 saturated carbocycles. The van der Waals surface area contributed by atoms with Gasteiger partial charge in [0.05, 0.1) is 24.1 Å². The van der Waals surface area contributed by atoms with Gasteiger partial charge in [-0.2, -0.15) is 0 Å². The van der Waals surface area contributed by atoms with Crippen molar-refractivity contribution in [3.05, 3.63) is 39.7 Å². The van der Waals surface area contributed by atoms with E-state index in [0.29, 0.717) is 19.1 Å². The van der Waals surface area contributed by atoms with E-state index in [1.807, 2.05) is 18.5 Å². The third-order valence-electron chi connectivity index (χ3n) is 3.26. The van der Waals surface area contributed by atoms with Crippen LogP contribution >= 0.6 is 11.3 Å². The largest absolute Gasteiger partial charge is 0.467 e. The zero-order valence-electron chi connectivity index (χ0n) is 13.0. The predicted molar refractivity (Wildman–Crippen MR) is 85.5 cm³/mol. The van der Waals surface area contributed by atoms with Crippen LogP contribution < -0.4 is 5.32 Å². The van der Waals surface area contributed by atoms with Gasteiger partial charge in [-0.1, -0.05) is 13.8 Å². The van der Waals surface area contributed by atoms with E-state index in [0.717, 1.165) is 31.0 Å². The highest BCUT2D eigenvalue weighted by Gasteiger charge is 2.07. The van der Waals surface area contributed by atoms with Gasteiger partial charge in [0.2, 0.25) is 0 Å². The van der Waals surface area contributed by atoms with Crippen LogP contribution in [0.15, 0.2) is 22.3 Å². The lowest BCUT2D eigenvalue weighted by Gasteiger charge is -2.08. The summed E-state index contributed by atoms with van der Waals surface area (Å²) >= 11 is 1.69. The van der Waals surface area contributed by atoms with E-state index in [-0.39, 0.29) is 0 Å². The molecule has 0 aliphatic carbocycles. The summed E-state index contributed by atoms with van der Waals surface area (Å²) in [4.78, 5) is 5.54. The molecule has 0 aromatic carbocycles. The molecule has 2 heterocycles. The van der Waals surface area contributed by atoms with E-state index in [1.54, 1.807) is 17.6 Å². The molecule has 1 N–H and O–H groups in total. The zero-order valence-corrected chi connectivity index (χ0v) is 13.8. The van der Waals surface area contributed by atoms with E-state index >= 15 is 0 Å². The second-order valence-corrected chi connectivity index (χ2v) is 6.50. The van der Waals surface area contributed by atoms with Gasteiger partial charge in [-0.05, 0) is 25.5 Å². The number of furan rings is 1. The average Bonchev–Trinajstić information content (AvgIpc) is 3.04. The second-order valence-electron chi connectivity index (χ2n) is 5.56. The van der Waals surface area contributed by atoms with Crippen molar-refractivity contribution in [3.8, 4) is 0 Å². The molecule has 21 heavy (non-hydrogen) atoms. The third-order valence-corrected chi connectivity index (χ3v) is 4.25. The fourth-order valence-corrected chi connectivity index (χ4v) is 2.81. The Morgan fingerprint density at radius 3 is 3.00 bits per heavy atom. The first-order valence-electron chi connectivity index (χ1n) is 7.39. The van der Waals surface area contributed by atoms with Crippen LogP contribution in [0.25, 0.3) is 0 Å². The van der Waals surface area contributed by atoms with Gasteiger partial charge in [0.1, 0.15) is 12.4 Å². The van der Waals surface area contributed by atoms with E-state index < -0.39 is 0 Å². The summed E-state index contributed by atoms with van der Waals surface area (Å²) in [7, 11) is 0. The maximum Gasteiger partial charge on any atom is 0.133 e. The molecule has 116 valence electrons. The summed E-state index contributed by atoms with van der Waals surface area (Å²) in [6, 6.07) is 2.01. The molecular formula is C16H24N2O2S. The van der Waals surface area contributed by atoms with E-state index in [1.165, 1.54) is 10.4 Å². The normalized spacial score (nSPS) is 11.4. The van der Waals surface area contributed by atoms with Gasteiger partial charge < -0.3 is 14.5 Å². The van der Waals surface area contributed by atoms with Crippen molar-refractivity contribution in [2.45, 2.75) is 40.3 Å². The van der Waals surface area contributed by atoms with E-state index in [2.05, 4.69) is 24.1 Å². The summed E-state index contributed by atoms with van der Waals surface area (Å²) < 4.78 is 11.2. The standard InChI is InChI=1S/C16H24N2O2S/c1-12(2)8-17-9-14-4-7-20-15(14)10-19-6-5-16-13(3)18-11-21-16/h4,7,11-12,17H,5-6,8-10H2,1-3H3. The topological polar surface area (TPSA) is 47.3 Å². The molecule has 0 unspecified atom stereocenters.